The number of aryl methyl sites for hydroxylation is 1. The Bertz CT molecular complexity index is 678. The molecule has 24 heavy (non-hydrogen) atoms. The van der Waals surface area contributed by atoms with Gasteiger partial charge in [0.1, 0.15) is 5.75 Å². The average Bonchev–Trinajstić information content (AvgIpc) is 2.58. The zero-order chi connectivity index (χ0) is 17.4. The molecule has 2 aromatic carbocycles. The molecule has 128 valence electrons. The number of thioether (sulfide) groups is 1. The summed E-state index contributed by atoms with van der Waals surface area (Å²) in [5.74, 6) is 2.20. The van der Waals surface area contributed by atoms with Crippen molar-refractivity contribution in [1.29, 1.82) is 0 Å². The summed E-state index contributed by atoms with van der Waals surface area (Å²) in [6.45, 7) is 4.45. The minimum absolute atomic E-state index is 0.133. The fourth-order valence-corrected chi connectivity index (χ4v) is 3.24. The fraction of sp³-hybridized carbons (Fsp3) is 0.316. The summed E-state index contributed by atoms with van der Waals surface area (Å²) in [6.07, 6.45) is -0.578. The van der Waals surface area contributed by atoms with Crippen LogP contribution in [0.1, 0.15) is 18.1 Å². The molecule has 0 heterocycles. The van der Waals surface area contributed by atoms with Crippen molar-refractivity contribution in [3.8, 4) is 5.75 Å². The molecule has 0 bridgehead atoms. The number of amides is 1. The average molecular weight is 364 g/mol. The summed E-state index contributed by atoms with van der Waals surface area (Å²) in [5.41, 5.74) is 2.64. The van der Waals surface area contributed by atoms with Crippen LogP contribution in [0, 0.1) is 6.92 Å². The summed E-state index contributed by atoms with van der Waals surface area (Å²) in [6, 6.07) is 15.5. The van der Waals surface area contributed by atoms with Crippen LogP contribution in [-0.4, -0.2) is 24.3 Å². The maximum atomic E-state index is 12.1. The van der Waals surface area contributed by atoms with Crippen molar-refractivity contribution in [1.82, 2.24) is 5.32 Å². The Hall–Kier alpha value is -1.65. The second-order valence-corrected chi connectivity index (χ2v) is 6.97. The van der Waals surface area contributed by atoms with Crippen molar-refractivity contribution in [2.45, 2.75) is 25.7 Å². The van der Waals surface area contributed by atoms with Gasteiger partial charge >= 0.3 is 0 Å². The van der Waals surface area contributed by atoms with Gasteiger partial charge < -0.3 is 10.1 Å². The quantitative estimate of drug-likeness (QED) is 0.703. The Balaban J connectivity index is 1.67. The molecule has 0 saturated heterocycles. The van der Waals surface area contributed by atoms with Gasteiger partial charge in [0.25, 0.3) is 5.91 Å². The Labute approximate surface area is 152 Å². The third kappa shape index (κ3) is 5.77. The van der Waals surface area contributed by atoms with E-state index in [1.165, 1.54) is 11.1 Å². The van der Waals surface area contributed by atoms with E-state index in [1.807, 2.05) is 18.2 Å². The predicted octanol–water partition coefficient (Wildman–Crippen LogP) is 4.47. The molecule has 0 spiro atoms. The highest BCUT2D eigenvalue weighted by Crippen LogP contribution is 2.24. The number of nitrogens with one attached hydrogen (secondary N) is 1. The van der Waals surface area contributed by atoms with Crippen molar-refractivity contribution < 1.29 is 9.53 Å². The number of ether oxygens (including phenoxy) is 1. The van der Waals surface area contributed by atoms with E-state index >= 15 is 0 Å². The van der Waals surface area contributed by atoms with Gasteiger partial charge in [-0.15, -0.1) is 0 Å². The first-order chi connectivity index (χ1) is 11.6. The summed E-state index contributed by atoms with van der Waals surface area (Å²) in [4.78, 5) is 12.1. The van der Waals surface area contributed by atoms with Gasteiger partial charge in [-0.1, -0.05) is 48.0 Å². The maximum Gasteiger partial charge on any atom is 0.260 e. The molecule has 2 rings (SSSR count). The van der Waals surface area contributed by atoms with E-state index in [2.05, 4.69) is 30.4 Å². The molecular formula is C19H22ClNO2S. The molecule has 0 aliphatic carbocycles. The lowest BCUT2D eigenvalue weighted by Crippen LogP contribution is -2.37. The molecule has 1 N–H and O–H groups in total. The van der Waals surface area contributed by atoms with Crippen LogP contribution < -0.4 is 10.1 Å². The SMILES string of the molecule is Cc1ccccc1CSCCNC(=O)[C@@H](C)Oc1ccccc1Cl. The van der Waals surface area contributed by atoms with Crippen LogP contribution in [0.2, 0.25) is 5.02 Å². The van der Waals surface area contributed by atoms with E-state index in [9.17, 15) is 4.79 Å². The first kappa shape index (κ1) is 18.7. The molecule has 1 atom stereocenters. The zero-order valence-corrected chi connectivity index (χ0v) is 15.5. The number of halogens is 1. The van der Waals surface area contributed by atoms with Crippen molar-refractivity contribution in [2.75, 3.05) is 12.3 Å². The van der Waals surface area contributed by atoms with Crippen LogP contribution in [0.3, 0.4) is 0 Å². The number of carbonyl (C=O) groups excluding carboxylic acids is 1. The molecule has 0 radical (unpaired) electrons. The van der Waals surface area contributed by atoms with Crippen LogP contribution in [0.4, 0.5) is 0 Å². The van der Waals surface area contributed by atoms with Crippen molar-refractivity contribution in [3.63, 3.8) is 0 Å². The lowest BCUT2D eigenvalue weighted by Gasteiger charge is -2.15. The molecule has 0 aromatic heterocycles. The number of hydrogen-bond acceptors (Lipinski definition) is 3. The molecular weight excluding hydrogens is 342 g/mol. The first-order valence-electron chi connectivity index (χ1n) is 7.89. The minimum atomic E-state index is -0.578. The predicted molar refractivity (Wildman–Crippen MR) is 102 cm³/mol. The van der Waals surface area contributed by atoms with Crippen LogP contribution in [-0.2, 0) is 10.5 Å². The van der Waals surface area contributed by atoms with Crippen LogP contribution in [0.25, 0.3) is 0 Å². The second-order valence-electron chi connectivity index (χ2n) is 5.46. The molecule has 0 aliphatic rings. The lowest BCUT2D eigenvalue weighted by molar-refractivity contribution is -0.127. The molecule has 0 saturated carbocycles. The molecule has 0 fully saturated rings. The Morgan fingerprint density at radius 1 is 1.21 bits per heavy atom. The van der Waals surface area contributed by atoms with E-state index in [1.54, 1.807) is 30.8 Å². The summed E-state index contributed by atoms with van der Waals surface area (Å²) < 4.78 is 5.60. The summed E-state index contributed by atoms with van der Waals surface area (Å²) >= 11 is 7.83. The monoisotopic (exact) mass is 363 g/mol. The molecule has 3 nitrogen and oxygen atoms in total. The van der Waals surface area contributed by atoms with Gasteiger partial charge in [-0.2, -0.15) is 11.8 Å². The third-order valence-electron chi connectivity index (χ3n) is 3.57. The van der Waals surface area contributed by atoms with E-state index < -0.39 is 6.10 Å². The number of carbonyl (C=O) groups is 1. The number of benzene rings is 2. The van der Waals surface area contributed by atoms with Gasteiger partial charge in [-0.05, 0) is 37.1 Å². The van der Waals surface area contributed by atoms with Crippen LogP contribution in [0.5, 0.6) is 5.75 Å². The molecule has 1 amide bonds. The maximum absolute atomic E-state index is 12.1. The van der Waals surface area contributed by atoms with Crippen molar-refractivity contribution in [2.24, 2.45) is 0 Å². The Morgan fingerprint density at radius 2 is 1.92 bits per heavy atom. The van der Waals surface area contributed by atoms with Gasteiger partial charge in [-0.25, -0.2) is 0 Å². The van der Waals surface area contributed by atoms with Crippen LogP contribution >= 0.6 is 23.4 Å². The highest BCUT2D eigenvalue weighted by Gasteiger charge is 2.15. The van der Waals surface area contributed by atoms with Gasteiger partial charge in [0.15, 0.2) is 6.10 Å². The highest BCUT2D eigenvalue weighted by atomic mass is 35.5. The molecule has 2 aromatic rings. The summed E-state index contributed by atoms with van der Waals surface area (Å²) in [5, 5.41) is 3.40. The normalized spacial score (nSPS) is 11.8. The van der Waals surface area contributed by atoms with Crippen molar-refractivity contribution >= 4 is 29.3 Å². The van der Waals surface area contributed by atoms with E-state index in [0.717, 1.165) is 11.5 Å². The Kier molecular flexibility index (Phi) is 7.47. The zero-order valence-electron chi connectivity index (χ0n) is 13.9. The molecule has 5 heteroatoms. The van der Waals surface area contributed by atoms with E-state index in [-0.39, 0.29) is 5.91 Å². The van der Waals surface area contributed by atoms with Gasteiger partial charge in [0, 0.05) is 18.1 Å². The smallest absolute Gasteiger partial charge is 0.260 e. The third-order valence-corrected chi connectivity index (χ3v) is 4.89. The Morgan fingerprint density at radius 3 is 2.67 bits per heavy atom. The number of hydrogen-bond donors (Lipinski definition) is 1. The van der Waals surface area contributed by atoms with E-state index in [4.69, 9.17) is 16.3 Å². The standard InChI is InChI=1S/C19H22ClNO2S/c1-14-7-3-4-8-16(14)13-24-12-11-21-19(22)15(2)23-18-10-6-5-9-17(18)20/h3-10,15H,11-13H2,1-2H3,(H,21,22)/t15-/m1/s1. The lowest BCUT2D eigenvalue weighted by atomic mass is 10.1. The summed E-state index contributed by atoms with van der Waals surface area (Å²) in [7, 11) is 0. The van der Waals surface area contributed by atoms with Gasteiger partial charge in [0.05, 0.1) is 5.02 Å². The largest absolute Gasteiger partial charge is 0.479 e. The van der Waals surface area contributed by atoms with Crippen LogP contribution in [0.15, 0.2) is 48.5 Å². The topological polar surface area (TPSA) is 38.3 Å². The molecule has 0 aliphatic heterocycles. The fourth-order valence-electron chi connectivity index (χ4n) is 2.13. The second kappa shape index (κ2) is 9.60. The number of rotatable bonds is 8. The molecule has 0 unspecified atom stereocenters. The van der Waals surface area contributed by atoms with Gasteiger partial charge in [0.2, 0.25) is 0 Å². The highest BCUT2D eigenvalue weighted by molar-refractivity contribution is 7.98. The minimum Gasteiger partial charge on any atom is -0.479 e. The number of para-hydroxylation sites is 1. The van der Waals surface area contributed by atoms with E-state index in [0.29, 0.717) is 17.3 Å². The first-order valence-corrected chi connectivity index (χ1v) is 9.42. The van der Waals surface area contributed by atoms with Gasteiger partial charge in [-0.3, -0.25) is 4.79 Å². The van der Waals surface area contributed by atoms with Crippen molar-refractivity contribution in [3.05, 3.63) is 64.7 Å².